The second-order valence-corrected chi connectivity index (χ2v) is 7.78. The van der Waals surface area contributed by atoms with Crippen molar-refractivity contribution in [1.82, 2.24) is 20.4 Å². The number of nitrogens with zero attached hydrogens (tertiary/aromatic N) is 2. The van der Waals surface area contributed by atoms with Gasteiger partial charge in [-0.05, 0) is 44.0 Å². The van der Waals surface area contributed by atoms with E-state index in [4.69, 9.17) is 23.8 Å². The van der Waals surface area contributed by atoms with E-state index < -0.39 is 11.9 Å². The number of nitrogens with one attached hydrogen (secondary N) is 2. The Morgan fingerprint density at radius 1 is 1.25 bits per heavy atom. The number of halogens is 4. The first-order valence-corrected chi connectivity index (χ1v) is 9.95. The maximum atomic E-state index is 13.1. The van der Waals surface area contributed by atoms with E-state index in [9.17, 15) is 13.2 Å². The fraction of sp³-hybridized carbons (Fsp3) is 0.474. The SMILES string of the molecule is Cc1ccc(CNC(=S)NCCCn2nc(C(F)(F)F)c(Cl)c2C2CC2)cc1. The van der Waals surface area contributed by atoms with Crippen molar-refractivity contribution in [1.29, 1.82) is 0 Å². The van der Waals surface area contributed by atoms with Crippen LogP contribution in [0.1, 0.15) is 47.7 Å². The zero-order valence-electron chi connectivity index (χ0n) is 15.4. The smallest absolute Gasteiger partial charge is 0.363 e. The lowest BCUT2D eigenvalue weighted by Crippen LogP contribution is -2.35. The molecule has 28 heavy (non-hydrogen) atoms. The van der Waals surface area contributed by atoms with Crippen LogP contribution >= 0.6 is 23.8 Å². The number of aromatic nitrogens is 2. The van der Waals surface area contributed by atoms with E-state index in [1.165, 1.54) is 10.2 Å². The van der Waals surface area contributed by atoms with Crippen LogP contribution in [0.25, 0.3) is 0 Å². The molecule has 152 valence electrons. The third-order valence-corrected chi connectivity index (χ3v) is 5.23. The molecule has 1 heterocycles. The van der Waals surface area contributed by atoms with Crippen molar-refractivity contribution in [3.8, 4) is 0 Å². The Labute approximate surface area is 172 Å². The van der Waals surface area contributed by atoms with Crippen LogP contribution in [0.5, 0.6) is 0 Å². The molecule has 3 rings (SSSR count). The monoisotopic (exact) mass is 430 g/mol. The van der Waals surface area contributed by atoms with Crippen LogP contribution in [0.2, 0.25) is 5.02 Å². The number of rotatable bonds is 7. The molecule has 4 nitrogen and oxygen atoms in total. The number of aryl methyl sites for hydroxylation is 2. The topological polar surface area (TPSA) is 41.9 Å². The normalized spacial score (nSPS) is 14.2. The molecule has 2 aromatic rings. The number of benzene rings is 1. The highest BCUT2D eigenvalue weighted by Crippen LogP contribution is 2.46. The summed E-state index contributed by atoms with van der Waals surface area (Å²) in [6.07, 6.45) is -2.24. The summed E-state index contributed by atoms with van der Waals surface area (Å²) in [5.41, 5.74) is 1.84. The van der Waals surface area contributed by atoms with Crippen LogP contribution in [0, 0.1) is 6.92 Å². The van der Waals surface area contributed by atoms with Crippen LogP contribution in [0.4, 0.5) is 13.2 Å². The lowest BCUT2D eigenvalue weighted by Gasteiger charge is -2.11. The molecule has 1 aliphatic carbocycles. The molecule has 0 bridgehead atoms. The van der Waals surface area contributed by atoms with Crippen LogP contribution in [0.3, 0.4) is 0 Å². The summed E-state index contributed by atoms with van der Waals surface area (Å²) in [6, 6.07) is 8.14. The zero-order valence-corrected chi connectivity index (χ0v) is 17.0. The lowest BCUT2D eigenvalue weighted by atomic mass is 10.1. The fourth-order valence-corrected chi connectivity index (χ4v) is 3.50. The molecule has 0 radical (unpaired) electrons. The minimum absolute atomic E-state index is 0.0845. The standard InChI is InChI=1S/C19H22ClF3N4S/c1-12-3-5-13(6-4-12)11-25-18(28)24-9-2-10-27-16(14-7-8-14)15(20)17(26-27)19(21,22)23/h3-6,14H,2,7-11H2,1H3,(H2,24,25,28). The van der Waals surface area contributed by atoms with Gasteiger partial charge in [-0.2, -0.15) is 18.3 Å². The average molecular weight is 431 g/mol. The fourth-order valence-electron chi connectivity index (χ4n) is 2.93. The summed E-state index contributed by atoms with van der Waals surface area (Å²) in [6.45, 7) is 3.53. The molecular formula is C19H22ClF3N4S. The van der Waals surface area contributed by atoms with Crippen LogP contribution < -0.4 is 10.6 Å². The summed E-state index contributed by atoms with van der Waals surface area (Å²) in [5, 5.41) is 10.2. The largest absolute Gasteiger partial charge is 0.436 e. The molecule has 1 fully saturated rings. The van der Waals surface area contributed by atoms with Gasteiger partial charge in [-0.3, -0.25) is 4.68 Å². The molecule has 1 aliphatic rings. The molecule has 0 unspecified atom stereocenters. The predicted molar refractivity (Wildman–Crippen MR) is 107 cm³/mol. The lowest BCUT2D eigenvalue weighted by molar-refractivity contribution is -0.141. The van der Waals surface area contributed by atoms with E-state index >= 15 is 0 Å². The van der Waals surface area contributed by atoms with Crippen molar-refractivity contribution < 1.29 is 13.2 Å². The predicted octanol–water partition coefficient (Wildman–Crippen LogP) is 4.80. The summed E-state index contributed by atoms with van der Waals surface area (Å²) >= 11 is 11.2. The Hall–Kier alpha value is -1.80. The second-order valence-electron chi connectivity index (χ2n) is 6.99. The van der Waals surface area contributed by atoms with Crippen molar-refractivity contribution in [3.63, 3.8) is 0 Å². The van der Waals surface area contributed by atoms with Crippen molar-refractivity contribution in [2.75, 3.05) is 6.54 Å². The first-order valence-electron chi connectivity index (χ1n) is 9.16. The first-order chi connectivity index (χ1) is 13.3. The Balaban J connectivity index is 1.47. The second kappa shape index (κ2) is 8.69. The Kier molecular flexibility index (Phi) is 6.50. The maximum absolute atomic E-state index is 13.1. The van der Waals surface area contributed by atoms with Crippen molar-refractivity contribution in [3.05, 3.63) is 51.8 Å². The van der Waals surface area contributed by atoms with Crippen molar-refractivity contribution in [2.45, 2.75) is 51.4 Å². The zero-order chi connectivity index (χ0) is 20.3. The van der Waals surface area contributed by atoms with Gasteiger partial charge in [0.15, 0.2) is 10.8 Å². The number of thiocarbonyl (C=S) groups is 1. The molecule has 1 aromatic heterocycles. The van der Waals surface area contributed by atoms with Gasteiger partial charge in [0.05, 0.1) is 10.7 Å². The summed E-state index contributed by atoms with van der Waals surface area (Å²) in [4.78, 5) is 0. The molecule has 0 saturated heterocycles. The number of alkyl halides is 3. The maximum Gasteiger partial charge on any atom is 0.436 e. The van der Waals surface area contributed by atoms with Crippen molar-refractivity contribution >= 4 is 28.9 Å². The van der Waals surface area contributed by atoms with Crippen LogP contribution in [-0.2, 0) is 19.3 Å². The van der Waals surface area contributed by atoms with Gasteiger partial charge in [0.1, 0.15) is 0 Å². The molecule has 0 aliphatic heterocycles. The highest BCUT2D eigenvalue weighted by atomic mass is 35.5. The Morgan fingerprint density at radius 3 is 2.54 bits per heavy atom. The third-order valence-electron chi connectivity index (χ3n) is 4.57. The van der Waals surface area contributed by atoms with Crippen molar-refractivity contribution in [2.24, 2.45) is 0 Å². The van der Waals surface area contributed by atoms with Gasteiger partial charge in [0.25, 0.3) is 0 Å². The van der Waals surface area contributed by atoms with Gasteiger partial charge < -0.3 is 10.6 Å². The molecule has 0 atom stereocenters. The van der Waals surface area contributed by atoms with E-state index in [-0.39, 0.29) is 10.9 Å². The first kappa shape index (κ1) is 20.9. The minimum Gasteiger partial charge on any atom is -0.363 e. The van der Waals surface area contributed by atoms with E-state index in [2.05, 4.69) is 15.7 Å². The van der Waals surface area contributed by atoms with Gasteiger partial charge in [0, 0.05) is 25.6 Å². The molecule has 1 saturated carbocycles. The highest BCUT2D eigenvalue weighted by molar-refractivity contribution is 7.80. The number of hydrogen-bond donors (Lipinski definition) is 2. The minimum atomic E-state index is -4.54. The summed E-state index contributed by atoms with van der Waals surface area (Å²) in [7, 11) is 0. The molecule has 0 amide bonds. The molecule has 1 aromatic carbocycles. The van der Waals surface area contributed by atoms with Gasteiger partial charge in [0.2, 0.25) is 0 Å². The quantitative estimate of drug-likeness (QED) is 0.489. The van der Waals surface area contributed by atoms with E-state index in [0.717, 1.165) is 18.4 Å². The molecular weight excluding hydrogens is 409 g/mol. The van der Waals surface area contributed by atoms with Gasteiger partial charge in [-0.1, -0.05) is 41.4 Å². The van der Waals surface area contributed by atoms with Crippen LogP contribution in [-0.4, -0.2) is 21.4 Å². The molecule has 9 heteroatoms. The molecule has 2 N–H and O–H groups in total. The average Bonchev–Trinajstić information content (AvgIpc) is 3.40. The van der Waals surface area contributed by atoms with E-state index in [1.54, 1.807) is 0 Å². The summed E-state index contributed by atoms with van der Waals surface area (Å²) < 4.78 is 40.6. The Morgan fingerprint density at radius 2 is 1.93 bits per heavy atom. The third kappa shape index (κ3) is 5.38. The number of hydrogen-bond acceptors (Lipinski definition) is 2. The Bertz CT molecular complexity index is 829. The summed E-state index contributed by atoms with van der Waals surface area (Å²) in [5.74, 6) is 0.0845. The van der Waals surface area contributed by atoms with E-state index in [1.807, 2.05) is 31.2 Å². The van der Waals surface area contributed by atoms with Gasteiger partial charge in [-0.25, -0.2) is 0 Å². The van der Waals surface area contributed by atoms with E-state index in [0.29, 0.717) is 36.9 Å². The van der Waals surface area contributed by atoms with Crippen LogP contribution in [0.15, 0.2) is 24.3 Å². The van der Waals surface area contributed by atoms with Gasteiger partial charge in [-0.15, -0.1) is 0 Å². The molecule has 0 spiro atoms. The van der Waals surface area contributed by atoms with Gasteiger partial charge >= 0.3 is 6.18 Å². The highest BCUT2D eigenvalue weighted by Gasteiger charge is 2.41.